The second-order valence-corrected chi connectivity index (χ2v) is 5.36. The van der Waals surface area contributed by atoms with Crippen LogP contribution in [-0.2, 0) is 6.42 Å². The molecular weight excluding hydrogens is 264 g/mol. The number of amides is 2. The highest BCUT2D eigenvalue weighted by Gasteiger charge is 2.36. The SMILES string of the molecule is O=C1c2ccccc2C(=O)N1c1ccc2c(c1)CCCN2. The van der Waals surface area contributed by atoms with Crippen molar-refractivity contribution in [2.24, 2.45) is 0 Å². The van der Waals surface area contributed by atoms with E-state index in [2.05, 4.69) is 5.32 Å². The van der Waals surface area contributed by atoms with Crippen LogP contribution in [0.25, 0.3) is 0 Å². The van der Waals surface area contributed by atoms with Crippen molar-refractivity contribution < 1.29 is 9.59 Å². The van der Waals surface area contributed by atoms with E-state index in [1.54, 1.807) is 24.3 Å². The maximum Gasteiger partial charge on any atom is 0.266 e. The predicted molar refractivity (Wildman–Crippen MR) is 80.8 cm³/mol. The van der Waals surface area contributed by atoms with Gasteiger partial charge in [0.15, 0.2) is 0 Å². The number of imide groups is 1. The summed E-state index contributed by atoms with van der Waals surface area (Å²) in [6, 6.07) is 12.7. The number of fused-ring (bicyclic) bond motifs is 2. The Bertz CT molecular complexity index is 732. The molecule has 104 valence electrons. The van der Waals surface area contributed by atoms with Crippen LogP contribution >= 0.6 is 0 Å². The lowest BCUT2D eigenvalue weighted by molar-refractivity contribution is 0.0926. The van der Waals surface area contributed by atoms with Crippen LogP contribution in [0.1, 0.15) is 32.7 Å². The lowest BCUT2D eigenvalue weighted by atomic mass is 10.0. The lowest BCUT2D eigenvalue weighted by Crippen LogP contribution is -2.29. The van der Waals surface area contributed by atoms with Gasteiger partial charge in [-0.3, -0.25) is 9.59 Å². The van der Waals surface area contributed by atoms with Gasteiger partial charge in [-0.05, 0) is 48.7 Å². The van der Waals surface area contributed by atoms with Crippen LogP contribution in [0.5, 0.6) is 0 Å². The number of nitrogens with zero attached hydrogens (tertiary/aromatic N) is 1. The number of hydrogen-bond donors (Lipinski definition) is 1. The van der Waals surface area contributed by atoms with Crippen molar-refractivity contribution in [1.82, 2.24) is 0 Å². The summed E-state index contributed by atoms with van der Waals surface area (Å²) in [6.07, 6.45) is 2.04. The van der Waals surface area contributed by atoms with Crippen molar-refractivity contribution in [3.63, 3.8) is 0 Å². The van der Waals surface area contributed by atoms with Gasteiger partial charge in [-0.1, -0.05) is 12.1 Å². The monoisotopic (exact) mass is 278 g/mol. The molecule has 2 aromatic rings. The predicted octanol–water partition coefficient (Wildman–Crippen LogP) is 2.85. The summed E-state index contributed by atoms with van der Waals surface area (Å²) in [4.78, 5) is 26.2. The number of hydrogen-bond acceptors (Lipinski definition) is 3. The molecule has 2 aromatic carbocycles. The topological polar surface area (TPSA) is 49.4 Å². The molecule has 0 atom stereocenters. The largest absolute Gasteiger partial charge is 0.385 e. The number of carbonyl (C=O) groups is 2. The molecular formula is C17H14N2O2. The standard InChI is InChI=1S/C17H14N2O2/c20-16-13-5-1-2-6-14(13)17(21)19(16)12-7-8-15-11(10-12)4-3-9-18-15/h1-2,5-8,10,18H,3-4,9H2. The first kappa shape index (κ1) is 12.1. The summed E-state index contributed by atoms with van der Waals surface area (Å²) >= 11 is 0. The quantitative estimate of drug-likeness (QED) is 0.816. The molecule has 2 aliphatic rings. The zero-order valence-corrected chi connectivity index (χ0v) is 11.4. The minimum absolute atomic E-state index is 0.237. The van der Waals surface area contributed by atoms with Gasteiger partial charge in [-0.25, -0.2) is 4.90 Å². The number of anilines is 2. The van der Waals surface area contributed by atoms with Crippen molar-refractivity contribution in [2.75, 3.05) is 16.8 Å². The van der Waals surface area contributed by atoms with Gasteiger partial charge in [0.25, 0.3) is 11.8 Å². The molecule has 21 heavy (non-hydrogen) atoms. The number of benzene rings is 2. The summed E-state index contributed by atoms with van der Waals surface area (Å²) in [5.41, 5.74) is 3.89. The molecule has 0 fully saturated rings. The highest BCUT2D eigenvalue weighted by atomic mass is 16.2. The molecule has 0 bridgehead atoms. The molecule has 0 radical (unpaired) electrons. The van der Waals surface area contributed by atoms with Crippen LogP contribution < -0.4 is 10.2 Å². The highest BCUT2D eigenvalue weighted by molar-refractivity contribution is 6.34. The molecule has 4 nitrogen and oxygen atoms in total. The Hall–Kier alpha value is -2.62. The van der Waals surface area contributed by atoms with Crippen molar-refractivity contribution in [3.8, 4) is 0 Å². The van der Waals surface area contributed by atoms with E-state index < -0.39 is 0 Å². The Morgan fingerprint density at radius 3 is 2.38 bits per heavy atom. The fraction of sp³-hybridized carbons (Fsp3) is 0.176. The zero-order valence-electron chi connectivity index (χ0n) is 11.4. The van der Waals surface area contributed by atoms with Gasteiger partial charge in [0, 0.05) is 12.2 Å². The maximum atomic E-state index is 12.5. The van der Waals surface area contributed by atoms with E-state index in [-0.39, 0.29) is 11.8 Å². The molecule has 4 rings (SSSR count). The normalized spacial score (nSPS) is 16.5. The first-order chi connectivity index (χ1) is 10.3. The Kier molecular flexibility index (Phi) is 2.57. The Morgan fingerprint density at radius 1 is 0.952 bits per heavy atom. The molecule has 2 amide bonds. The van der Waals surface area contributed by atoms with Gasteiger partial charge < -0.3 is 5.32 Å². The second kappa shape index (κ2) is 4.45. The van der Waals surface area contributed by atoms with Gasteiger partial charge in [-0.2, -0.15) is 0 Å². The minimum Gasteiger partial charge on any atom is -0.385 e. The first-order valence-corrected chi connectivity index (χ1v) is 7.10. The fourth-order valence-corrected chi connectivity index (χ4v) is 3.02. The van der Waals surface area contributed by atoms with Crippen molar-refractivity contribution in [2.45, 2.75) is 12.8 Å². The van der Waals surface area contributed by atoms with Gasteiger partial charge in [0.2, 0.25) is 0 Å². The third-order valence-electron chi connectivity index (χ3n) is 4.08. The molecule has 2 aliphatic heterocycles. The highest BCUT2D eigenvalue weighted by Crippen LogP contribution is 2.32. The van der Waals surface area contributed by atoms with E-state index >= 15 is 0 Å². The number of nitrogens with one attached hydrogen (secondary N) is 1. The van der Waals surface area contributed by atoms with Crippen LogP contribution in [0.2, 0.25) is 0 Å². The molecule has 4 heteroatoms. The van der Waals surface area contributed by atoms with E-state index in [1.807, 2.05) is 18.2 Å². The molecule has 0 saturated carbocycles. The first-order valence-electron chi connectivity index (χ1n) is 7.10. The van der Waals surface area contributed by atoms with Gasteiger partial charge in [0.1, 0.15) is 0 Å². The molecule has 0 aromatic heterocycles. The smallest absolute Gasteiger partial charge is 0.266 e. The number of carbonyl (C=O) groups excluding carboxylic acids is 2. The van der Waals surface area contributed by atoms with E-state index in [0.717, 1.165) is 30.6 Å². The van der Waals surface area contributed by atoms with Gasteiger partial charge in [-0.15, -0.1) is 0 Å². The summed E-state index contributed by atoms with van der Waals surface area (Å²) in [5, 5.41) is 3.33. The number of aryl methyl sites for hydroxylation is 1. The summed E-state index contributed by atoms with van der Waals surface area (Å²) in [7, 11) is 0. The van der Waals surface area contributed by atoms with Crippen molar-refractivity contribution in [3.05, 3.63) is 59.2 Å². The fourth-order valence-electron chi connectivity index (χ4n) is 3.02. The molecule has 0 unspecified atom stereocenters. The summed E-state index contributed by atoms with van der Waals surface area (Å²) < 4.78 is 0. The van der Waals surface area contributed by atoms with E-state index in [0.29, 0.717) is 16.8 Å². The maximum absolute atomic E-state index is 12.5. The second-order valence-electron chi connectivity index (χ2n) is 5.36. The van der Waals surface area contributed by atoms with Crippen molar-refractivity contribution >= 4 is 23.2 Å². The molecule has 0 spiro atoms. The van der Waals surface area contributed by atoms with Crippen molar-refractivity contribution in [1.29, 1.82) is 0 Å². The number of rotatable bonds is 1. The van der Waals surface area contributed by atoms with Crippen LogP contribution in [0.4, 0.5) is 11.4 Å². The Balaban J connectivity index is 1.78. The van der Waals surface area contributed by atoms with Crippen LogP contribution in [0, 0.1) is 0 Å². The van der Waals surface area contributed by atoms with Crippen LogP contribution in [0.3, 0.4) is 0 Å². The Morgan fingerprint density at radius 2 is 1.67 bits per heavy atom. The van der Waals surface area contributed by atoms with E-state index in [1.165, 1.54) is 4.90 Å². The molecule has 0 aliphatic carbocycles. The summed E-state index contributed by atoms with van der Waals surface area (Å²) in [6.45, 7) is 0.972. The van der Waals surface area contributed by atoms with Gasteiger partial charge >= 0.3 is 0 Å². The lowest BCUT2D eigenvalue weighted by Gasteiger charge is -2.21. The third-order valence-corrected chi connectivity index (χ3v) is 4.08. The Labute approximate surface area is 122 Å². The summed E-state index contributed by atoms with van der Waals surface area (Å²) in [5.74, 6) is -0.473. The van der Waals surface area contributed by atoms with E-state index in [9.17, 15) is 9.59 Å². The van der Waals surface area contributed by atoms with Crippen LogP contribution in [0.15, 0.2) is 42.5 Å². The average molecular weight is 278 g/mol. The average Bonchev–Trinajstić information content (AvgIpc) is 2.79. The van der Waals surface area contributed by atoms with Gasteiger partial charge in [0.05, 0.1) is 16.8 Å². The van der Waals surface area contributed by atoms with E-state index in [4.69, 9.17) is 0 Å². The van der Waals surface area contributed by atoms with Crippen LogP contribution in [-0.4, -0.2) is 18.4 Å². The molecule has 2 heterocycles. The zero-order chi connectivity index (χ0) is 14.4. The third kappa shape index (κ3) is 1.76. The molecule has 1 N–H and O–H groups in total. The minimum atomic E-state index is -0.237. The molecule has 0 saturated heterocycles.